The zero-order valence-electron chi connectivity index (χ0n) is 10.0. The van der Waals surface area contributed by atoms with Gasteiger partial charge in [0.25, 0.3) is 0 Å². The zero-order valence-corrected chi connectivity index (χ0v) is 10.0. The summed E-state index contributed by atoms with van der Waals surface area (Å²) in [5, 5.41) is 0. The molecule has 0 aromatic rings. The molecule has 1 heterocycles. The van der Waals surface area contributed by atoms with E-state index >= 15 is 0 Å². The first-order valence-corrected chi connectivity index (χ1v) is 5.81. The van der Waals surface area contributed by atoms with Crippen LogP contribution in [0, 0.1) is 18.3 Å². The highest BCUT2D eigenvalue weighted by molar-refractivity contribution is 5.85. The molecule has 1 rings (SSSR count). The molecule has 15 heavy (non-hydrogen) atoms. The Labute approximate surface area is 92.8 Å². The van der Waals surface area contributed by atoms with Gasteiger partial charge >= 0.3 is 0 Å². The number of rotatable bonds is 4. The van der Waals surface area contributed by atoms with E-state index in [1.165, 1.54) is 0 Å². The van der Waals surface area contributed by atoms with Crippen molar-refractivity contribution in [3.8, 4) is 0 Å². The van der Waals surface area contributed by atoms with E-state index in [2.05, 4.69) is 20.8 Å². The van der Waals surface area contributed by atoms with Crippen LogP contribution in [0.15, 0.2) is 0 Å². The molecule has 0 saturated carbocycles. The second kappa shape index (κ2) is 6.11. The summed E-state index contributed by atoms with van der Waals surface area (Å²) in [5.74, 6) is 1.19. The Bertz CT molecular complexity index is 198. The van der Waals surface area contributed by atoms with E-state index in [1.807, 2.05) is 11.3 Å². The molecular weight excluding hydrogens is 190 g/mol. The average molecular weight is 212 g/mol. The molecule has 0 aromatic heterocycles. The van der Waals surface area contributed by atoms with Crippen LogP contribution in [0.4, 0.5) is 0 Å². The van der Waals surface area contributed by atoms with Gasteiger partial charge < -0.3 is 9.64 Å². The lowest BCUT2D eigenvalue weighted by molar-refractivity contribution is -0.132. The molecule has 1 radical (unpaired) electrons. The number of carbonyl (C=O) groups is 1. The Kier molecular flexibility index (Phi) is 5.09. The molecule has 0 N–H and O–H groups in total. The van der Waals surface area contributed by atoms with Crippen molar-refractivity contribution in [2.75, 3.05) is 26.3 Å². The summed E-state index contributed by atoms with van der Waals surface area (Å²) in [6.45, 7) is 9.31. The number of nitrogens with zero attached hydrogens (tertiary/aromatic N) is 1. The molecule has 0 aliphatic carbocycles. The van der Waals surface area contributed by atoms with Crippen LogP contribution in [0.5, 0.6) is 0 Å². The largest absolute Gasteiger partial charge is 0.378 e. The molecular formula is C12H22NO2. The fourth-order valence-corrected chi connectivity index (χ4v) is 1.94. The molecule has 0 bridgehead atoms. The number of ether oxygens (including phenoxy) is 1. The van der Waals surface area contributed by atoms with Crippen molar-refractivity contribution in [2.45, 2.75) is 27.2 Å². The molecule has 3 heteroatoms. The van der Waals surface area contributed by atoms with E-state index in [0.717, 1.165) is 19.5 Å². The second-order valence-corrected chi connectivity index (χ2v) is 4.71. The molecule has 0 spiro atoms. The number of carbonyl (C=O) groups excluding carboxylic acids is 1. The minimum absolute atomic E-state index is 0.173. The van der Waals surface area contributed by atoms with Gasteiger partial charge in [0, 0.05) is 13.1 Å². The van der Waals surface area contributed by atoms with Gasteiger partial charge in [-0.15, -0.1) is 0 Å². The van der Waals surface area contributed by atoms with Crippen molar-refractivity contribution in [1.82, 2.24) is 4.90 Å². The smallest absolute Gasteiger partial charge is 0.226 e. The van der Waals surface area contributed by atoms with E-state index in [0.29, 0.717) is 25.0 Å². The lowest BCUT2D eigenvalue weighted by atomic mass is 9.95. The number of hydrogen-bond acceptors (Lipinski definition) is 2. The third kappa shape index (κ3) is 4.65. The Morgan fingerprint density at radius 1 is 1.33 bits per heavy atom. The summed E-state index contributed by atoms with van der Waals surface area (Å²) >= 11 is 0. The monoisotopic (exact) mass is 212 g/mol. The predicted octanol–water partition coefficient (Wildman–Crippen LogP) is 1.73. The van der Waals surface area contributed by atoms with Crippen molar-refractivity contribution in [1.29, 1.82) is 0 Å². The van der Waals surface area contributed by atoms with E-state index in [4.69, 9.17) is 4.74 Å². The molecule has 1 saturated heterocycles. The fourth-order valence-electron chi connectivity index (χ4n) is 1.94. The van der Waals surface area contributed by atoms with Gasteiger partial charge in [-0.05, 0) is 18.3 Å². The SMILES string of the molecule is CC(C)CC(C)[CH]C(=O)N1CCOCC1. The molecule has 1 fully saturated rings. The Hall–Kier alpha value is -0.570. The van der Waals surface area contributed by atoms with Crippen LogP contribution in [-0.2, 0) is 9.53 Å². The predicted molar refractivity (Wildman–Crippen MR) is 60.3 cm³/mol. The van der Waals surface area contributed by atoms with Gasteiger partial charge in [-0.1, -0.05) is 20.8 Å². The summed E-state index contributed by atoms with van der Waals surface area (Å²) < 4.78 is 5.21. The highest BCUT2D eigenvalue weighted by Gasteiger charge is 2.19. The van der Waals surface area contributed by atoms with Crippen LogP contribution < -0.4 is 0 Å². The molecule has 87 valence electrons. The van der Waals surface area contributed by atoms with Crippen molar-refractivity contribution in [3.63, 3.8) is 0 Å². The van der Waals surface area contributed by atoms with Gasteiger partial charge in [-0.25, -0.2) is 0 Å². The van der Waals surface area contributed by atoms with Crippen LogP contribution in [0.2, 0.25) is 0 Å². The van der Waals surface area contributed by atoms with Gasteiger partial charge in [0.2, 0.25) is 5.91 Å². The van der Waals surface area contributed by atoms with E-state index in [-0.39, 0.29) is 5.91 Å². The first-order chi connectivity index (χ1) is 7.09. The fraction of sp³-hybridized carbons (Fsp3) is 0.833. The molecule has 1 unspecified atom stereocenters. The van der Waals surface area contributed by atoms with Crippen LogP contribution in [0.1, 0.15) is 27.2 Å². The van der Waals surface area contributed by atoms with Crippen molar-refractivity contribution < 1.29 is 9.53 Å². The molecule has 3 nitrogen and oxygen atoms in total. The summed E-state index contributed by atoms with van der Waals surface area (Å²) in [5.41, 5.74) is 0. The molecule has 1 amide bonds. The zero-order chi connectivity index (χ0) is 11.3. The first-order valence-electron chi connectivity index (χ1n) is 5.81. The van der Waals surface area contributed by atoms with Crippen molar-refractivity contribution >= 4 is 5.91 Å². The van der Waals surface area contributed by atoms with Crippen molar-refractivity contribution in [2.24, 2.45) is 11.8 Å². The Morgan fingerprint density at radius 2 is 1.93 bits per heavy atom. The molecule has 1 aliphatic heterocycles. The number of amides is 1. The Morgan fingerprint density at radius 3 is 2.47 bits per heavy atom. The van der Waals surface area contributed by atoms with Crippen LogP contribution in [0.25, 0.3) is 0 Å². The highest BCUT2D eigenvalue weighted by atomic mass is 16.5. The normalized spacial score (nSPS) is 19.3. The second-order valence-electron chi connectivity index (χ2n) is 4.71. The third-order valence-corrected chi connectivity index (χ3v) is 2.59. The summed E-state index contributed by atoms with van der Waals surface area (Å²) in [6.07, 6.45) is 2.93. The maximum Gasteiger partial charge on any atom is 0.226 e. The number of hydrogen-bond donors (Lipinski definition) is 0. The Balaban J connectivity index is 2.27. The van der Waals surface area contributed by atoms with Gasteiger partial charge in [-0.2, -0.15) is 0 Å². The highest BCUT2D eigenvalue weighted by Crippen LogP contribution is 2.15. The molecule has 1 aliphatic rings. The lowest BCUT2D eigenvalue weighted by Crippen LogP contribution is -2.41. The average Bonchev–Trinajstić information content (AvgIpc) is 2.17. The standard InChI is InChI=1S/C12H22NO2/c1-10(2)8-11(3)9-12(14)13-4-6-15-7-5-13/h9-11H,4-8H2,1-3H3. The van der Waals surface area contributed by atoms with Crippen molar-refractivity contribution in [3.05, 3.63) is 6.42 Å². The van der Waals surface area contributed by atoms with Gasteiger partial charge in [0.05, 0.1) is 19.6 Å². The van der Waals surface area contributed by atoms with Crippen LogP contribution in [0.3, 0.4) is 0 Å². The number of morpholine rings is 1. The first kappa shape index (κ1) is 12.5. The summed E-state index contributed by atoms with van der Waals surface area (Å²) in [7, 11) is 0. The maximum absolute atomic E-state index is 11.8. The van der Waals surface area contributed by atoms with Gasteiger partial charge in [0.15, 0.2) is 0 Å². The van der Waals surface area contributed by atoms with E-state index in [9.17, 15) is 4.79 Å². The third-order valence-electron chi connectivity index (χ3n) is 2.59. The van der Waals surface area contributed by atoms with E-state index in [1.54, 1.807) is 0 Å². The molecule has 0 aromatic carbocycles. The quantitative estimate of drug-likeness (QED) is 0.710. The minimum Gasteiger partial charge on any atom is -0.378 e. The van der Waals surface area contributed by atoms with Crippen LogP contribution >= 0.6 is 0 Å². The van der Waals surface area contributed by atoms with Gasteiger partial charge in [-0.3, -0.25) is 4.79 Å². The lowest BCUT2D eigenvalue weighted by Gasteiger charge is -2.28. The van der Waals surface area contributed by atoms with Gasteiger partial charge in [0.1, 0.15) is 0 Å². The topological polar surface area (TPSA) is 29.5 Å². The maximum atomic E-state index is 11.8. The molecule has 1 atom stereocenters. The summed E-state index contributed by atoms with van der Waals surface area (Å²) in [4.78, 5) is 13.7. The van der Waals surface area contributed by atoms with E-state index < -0.39 is 0 Å². The van der Waals surface area contributed by atoms with Crippen LogP contribution in [-0.4, -0.2) is 37.1 Å². The summed E-state index contributed by atoms with van der Waals surface area (Å²) in [6, 6.07) is 0. The minimum atomic E-state index is 0.173.